The molecule has 0 spiro atoms. The van der Waals surface area contributed by atoms with Gasteiger partial charge >= 0.3 is 0 Å². The van der Waals surface area contributed by atoms with E-state index in [-0.39, 0.29) is 11.3 Å². The number of methoxy groups -OCH3 is 2. The first kappa shape index (κ1) is 24.4. The van der Waals surface area contributed by atoms with Crippen molar-refractivity contribution < 1.29 is 24.2 Å². The van der Waals surface area contributed by atoms with Gasteiger partial charge in [0.05, 0.1) is 30.9 Å². The number of amides is 1. The molecule has 35 heavy (non-hydrogen) atoms. The molecule has 1 aliphatic heterocycles. The number of halogens is 1. The maximum absolute atomic E-state index is 13.4. The van der Waals surface area contributed by atoms with Gasteiger partial charge < -0.3 is 14.6 Å². The predicted molar refractivity (Wildman–Crippen MR) is 136 cm³/mol. The van der Waals surface area contributed by atoms with Crippen LogP contribution in [0.25, 0.3) is 5.76 Å². The molecule has 1 saturated heterocycles. The van der Waals surface area contributed by atoms with Gasteiger partial charge in [-0.2, -0.15) is 0 Å². The number of rotatable bonds is 5. The molecule has 0 radical (unpaired) electrons. The van der Waals surface area contributed by atoms with Crippen LogP contribution >= 0.6 is 11.6 Å². The molecule has 3 aromatic carbocycles. The van der Waals surface area contributed by atoms with Crippen LogP contribution in [0.4, 0.5) is 5.69 Å². The maximum Gasteiger partial charge on any atom is 0.300 e. The van der Waals surface area contributed by atoms with Crippen molar-refractivity contribution in [3.8, 4) is 11.5 Å². The number of ketones is 1. The molecule has 1 heterocycles. The van der Waals surface area contributed by atoms with Crippen LogP contribution in [0, 0.1) is 20.8 Å². The van der Waals surface area contributed by atoms with Crippen LogP contribution in [0.2, 0.25) is 5.02 Å². The van der Waals surface area contributed by atoms with Crippen LogP contribution in [0.15, 0.2) is 60.2 Å². The van der Waals surface area contributed by atoms with Crippen molar-refractivity contribution in [2.24, 2.45) is 0 Å². The second kappa shape index (κ2) is 9.47. The van der Waals surface area contributed by atoms with Gasteiger partial charge in [0.25, 0.3) is 11.7 Å². The number of aryl methyl sites for hydroxylation is 3. The highest BCUT2D eigenvalue weighted by Crippen LogP contribution is 2.45. The summed E-state index contributed by atoms with van der Waals surface area (Å²) in [4.78, 5) is 28.2. The standard InChI is InChI=1S/C28H26ClNO5/c1-15-8-6-7-9-19(15)25-24(26(31)20-12-17(3)23(35-5)13-16(20)2)27(32)28(33)30(25)18-10-11-22(34-4)21(29)14-18/h6-14,25,31H,1-5H3/b26-24+. The van der Waals surface area contributed by atoms with E-state index in [0.717, 1.165) is 16.7 Å². The zero-order chi connectivity index (χ0) is 25.4. The molecule has 1 aliphatic rings. The predicted octanol–water partition coefficient (Wildman–Crippen LogP) is 5.91. The number of aliphatic hydroxyl groups is 1. The summed E-state index contributed by atoms with van der Waals surface area (Å²) >= 11 is 6.36. The number of anilines is 1. The minimum atomic E-state index is -0.845. The van der Waals surface area contributed by atoms with E-state index in [4.69, 9.17) is 21.1 Å². The number of carbonyl (C=O) groups excluding carboxylic acids is 2. The summed E-state index contributed by atoms with van der Waals surface area (Å²) in [5.41, 5.74) is 4.01. The van der Waals surface area contributed by atoms with Crippen LogP contribution < -0.4 is 14.4 Å². The van der Waals surface area contributed by atoms with Crippen molar-refractivity contribution in [3.63, 3.8) is 0 Å². The van der Waals surface area contributed by atoms with Gasteiger partial charge in [-0.3, -0.25) is 14.5 Å². The van der Waals surface area contributed by atoms with E-state index in [1.807, 2.05) is 45.0 Å². The lowest BCUT2D eigenvalue weighted by Gasteiger charge is -2.27. The first-order chi connectivity index (χ1) is 16.7. The number of carbonyl (C=O) groups is 2. The topological polar surface area (TPSA) is 76.1 Å². The van der Waals surface area contributed by atoms with Gasteiger partial charge in [0.2, 0.25) is 0 Å². The lowest BCUT2D eigenvalue weighted by molar-refractivity contribution is -0.132. The van der Waals surface area contributed by atoms with Crippen LogP contribution in [0.3, 0.4) is 0 Å². The van der Waals surface area contributed by atoms with Crippen molar-refractivity contribution in [2.45, 2.75) is 26.8 Å². The minimum Gasteiger partial charge on any atom is -0.507 e. The van der Waals surface area contributed by atoms with Crippen molar-refractivity contribution in [1.29, 1.82) is 0 Å². The summed E-state index contributed by atoms with van der Waals surface area (Å²) in [6.45, 7) is 5.57. The quantitative estimate of drug-likeness (QED) is 0.273. The lowest BCUT2D eigenvalue weighted by atomic mass is 9.91. The highest BCUT2D eigenvalue weighted by Gasteiger charge is 2.47. The van der Waals surface area contributed by atoms with Crippen LogP contribution in [0.1, 0.15) is 33.9 Å². The Morgan fingerprint density at radius 1 is 0.886 bits per heavy atom. The summed E-state index contributed by atoms with van der Waals surface area (Å²) in [5, 5.41) is 11.8. The monoisotopic (exact) mass is 491 g/mol. The number of hydrogen-bond acceptors (Lipinski definition) is 5. The van der Waals surface area contributed by atoms with Gasteiger partial charge in [-0.25, -0.2) is 0 Å². The summed E-state index contributed by atoms with van der Waals surface area (Å²) in [5.74, 6) is -0.631. The molecule has 3 aromatic rings. The average molecular weight is 492 g/mol. The summed E-state index contributed by atoms with van der Waals surface area (Å²) < 4.78 is 10.6. The van der Waals surface area contributed by atoms with E-state index in [0.29, 0.717) is 33.3 Å². The van der Waals surface area contributed by atoms with E-state index in [1.165, 1.54) is 12.0 Å². The molecule has 7 heteroatoms. The SMILES string of the molecule is COc1cc(C)c(/C(O)=C2\C(=O)C(=O)N(c3ccc(OC)c(Cl)c3)C2c2ccccc2C)cc1C. The Morgan fingerprint density at radius 2 is 1.57 bits per heavy atom. The zero-order valence-corrected chi connectivity index (χ0v) is 20.9. The molecule has 1 N–H and O–H groups in total. The summed E-state index contributed by atoms with van der Waals surface area (Å²) in [6, 6.07) is 15.1. The second-order valence-corrected chi connectivity index (χ2v) is 8.89. The van der Waals surface area contributed by atoms with Gasteiger partial charge in [0.1, 0.15) is 17.3 Å². The third-order valence-electron chi connectivity index (χ3n) is 6.34. The minimum absolute atomic E-state index is 0.0175. The smallest absolute Gasteiger partial charge is 0.300 e. The van der Waals surface area contributed by atoms with Crippen molar-refractivity contribution in [2.75, 3.05) is 19.1 Å². The van der Waals surface area contributed by atoms with Crippen LogP contribution in [-0.2, 0) is 9.59 Å². The van der Waals surface area contributed by atoms with Crippen molar-refractivity contribution in [1.82, 2.24) is 0 Å². The Morgan fingerprint density at radius 3 is 2.20 bits per heavy atom. The molecule has 0 saturated carbocycles. The van der Waals surface area contributed by atoms with Crippen LogP contribution in [0.5, 0.6) is 11.5 Å². The molecular formula is C28H26ClNO5. The number of nitrogens with zero attached hydrogens (tertiary/aromatic N) is 1. The highest BCUT2D eigenvalue weighted by molar-refractivity contribution is 6.52. The van der Waals surface area contributed by atoms with E-state index in [9.17, 15) is 14.7 Å². The lowest BCUT2D eigenvalue weighted by Crippen LogP contribution is -2.29. The molecule has 0 aliphatic carbocycles. The molecule has 1 atom stereocenters. The zero-order valence-electron chi connectivity index (χ0n) is 20.2. The fourth-order valence-corrected chi connectivity index (χ4v) is 4.75. The first-order valence-electron chi connectivity index (χ1n) is 11.0. The molecule has 1 unspecified atom stereocenters. The van der Waals surface area contributed by atoms with Gasteiger partial charge in [0.15, 0.2) is 0 Å². The number of Topliss-reactive ketones (excluding diaryl/α,β-unsaturated/α-hetero) is 1. The highest BCUT2D eigenvalue weighted by atomic mass is 35.5. The fraction of sp³-hybridized carbons (Fsp3) is 0.214. The number of ether oxygens (including phenoxy) is 2. The number of benzene rings is 3. The molecule has 1 amide bonds. The van der Waals surface area contributed by atoms with Crippen molar-refractivity contribution >= 4 is 34.7 Å². The molecule has 4 rings (SSSR count). The maximum atomic E-state index is 13.4. The van der Waals surface area contributed by atoms with E-state index < -0.39 is 17.7 Å². The summed E-state index contributed by atoms with van der Waals surface area (Å²) in [7, 11) is 3.07. The largest absolute Gasteiger partial charge is 0.507 e. The number of hydrogen-bond donors (Lipinski definition) is 1. The number of aliphatic hydroxyl groups excluding tert-OH is 1. The Bertz CT molecular complexity index is 1380. The van der Waals surface area contributed by atoms with Gasteiger partial charge in [-0.15, -0.1) is 0 Å². The van der Waals surface area contributed by atoms with Crippen molar-refractivity contribution in [3.05, 3.63) is 93.0 Å². The Kier molecular flexibility index (Phi) is 6.59. The molecular weight excluding hydrogens is 466 g/mol. The van der Waals surface area contributed by atoms with Crippen LogP contribution in [-0.4, -0.2) is 31.0 Å². The molecule has 0 aromatic heterocycles. The molecule has 6 nitrogen and oxygen atoms in total. The second-order valence-electron chi connectivity index (χ2n) is 8.48. The third-order valence-corrected chi connectivity index (χ3v) is 6.63. The Balaban J connectivity index is 1.99. The summed E-state index contributed by atoms with van der Waals surface area (Å²) in [6.07, 6.45) is 0. The Labute approximate surface area is 209 Å². The van der Waals surface area contributed by atoms with Gasteiger partial charge in [-0.1, -0.05) is 35.9 Å². The van der Waals surface area contributed by atoms with E-state index in [1.54, 1.807) is 37.4 Å². The molecule has 0 bridgehead atoms. The van der Waals surface area contributed by atoms with E-state index >= 15 is 0 Å². The molecule has 1 fully saturated rings. The van der Waals surface area contributed by atoms with E-state index in [2.05, 4.69) is 0 Å². The van der Waals surface area contributed by atoms with Gasteiger partial charge in [0, 0.05) is 11.3 Å². The molecule has 180 valence electrons. The first-order valence-corrected chi connectivity index (χ1v) is 11.4. The third kappa shape index (κ3) is 4.15. The van der Waals surface area contributed by atoms with Gasteiger partial charge in [-0.05, 0) is 73.4 Å². The Hall–Kier alpha value is -3.77. The normalized spacial score (nSPS) is 17.1. The average Bonchev–Trinajstić information content (AvgIpc) is 3.10. The fourth-order valence-electron chi connectivity index (χ4n) is 4.50.